The predicted octanol–water partition coefficient (Wildman–Crippen LogP) is 3.24. The first-order valence-electron chi connectivity index (χ1n) is 8.32. The first-order valence-corrected chi connectivity index (χ1v) is 10.5. The second-order valence-electron chi connectivity index (χ2n) is 6.35. The molecule has 0 aliphatic heterocycles. The summed E-state index contributed by atoms with van der Waals surface area (Å²) in [5.41, 5.74) is 1.67. The first kappa shape index (κ1) is 21.1. The molecule has 146 valence electrons. The Morgan fingerprint density at radius 2 is 1.93 bits per heavy atom. The Hall–Kier alpha value is -2.25. The third-order valence-electron chi connectivity index (χ3n) is 4.02. The normalized spacial score (nSPS) is 12.3. The van der Waals surface area contributed by atoms with Crippen LogP contribution in [0.3, 0.4) is 0 Å². The van der Waals surface area contributed by atoms with Crippen molar-refractivity contribution in [2.45, 2.75) is 19.9 Å². The molecule has 6 nitrogen and oxygen atoms in total. The SMILES string of the molecule is Cc1ccccc1OC[C@H](C)NC(=O)c1ccc(N(C)S(C)(=O)=O)cc1Cl. The third-order valence-corrected chi connectivity index (χ3v) is 5.54. The van der Waals surface area contributed by atoms with E-state index in [1.54, 1.807) is 0 Å². The Morgan fingerprint density at radius 1 is 1.26 bits per heavy atom. The van der Waals surface area contributed by atoms with Gasteiger partial charge in [0.2, 0.25) is 10.0 Å². The highest BCUT2D eigenvalue weighted by atomic mass is 35.5. The Balaban J connectivity index is 2.02. The molecule has 0 bridgehead atoms. The quantitative estimate of drug-likeness (QED) is 0.760. The molecule has 2 aromatic carbocycles. The number of aryl methyl sites for hydroxylation is 1. The van der Waals surface area contributed by atoms with Gasteiger partial charge in [-0.15, -0.1) is 0 Å². The van der Waals surface area contributed by atoms with Crippen molar-refractivity contribution in [1.82, 2.24) is 5.32 Å². The molecule has 0 radical (unpaired) electrons. The lowest BCUT2D eigenvalue weighted by molar-refractivity contribution is 0.0927. The number of benzene rings is 2. The summed E-state index contributed by atoms with van der Waals surface area (Å²) in [5, 5.41) is 3.00. The zero-order valence-electron chi connectivity index (χ0n) is 15.7. The molecule has 2 rings (SSSR count). The fourth-order valence-electron chi connectivity index (χ4n) is 2.35. The molecule has 0 heterocycles. The summed E-state index contributed by atoms with van der Waals surface area (Å²) in [4.78, 5) is 12.4. The van der Waals surface area contributed by atoms with Gasteiger partial charge < -0.3 is 10.1 Å². The summed E-state index contributed by atoms with van der Waals surface area (Å²) in [7, 11) is -1.98. The molecule has 0 spiro atoms. The van der Waals surface area contributed by atoms with Crippen molar-refractivity contribution >= 4 is 33.2 Å². The molecule has 2 aromatic rings. The summed E-state index contributed by atoms with van der Waals surface area (Å²) >= 11 is 6.18. The number of hydrogen-bond donors (Lipinski definition) is 1. The van der Waals surface area contributed by atoms with Crippen LogP contribution in [0, 0.1) is 6.92 Å². The predicted molar refractivity (Wildman–Crippen MR) is 108 cm³/mol. The van der Waals surface area contributed by atoms with E-state index in [2.05, 4.69) is 5.32 Å². The van der Waals surface area contributed by atoms with Crippen LogP contribution in [0.2, 0.25) is 5.02 Å². The fourth-order valence-corrected chi connectivity index (χ4v) is 3.11. The number of anilines is 1. The minimum atomic E-state index is -3.40. The van der Waals surface area contributed by atoms with Crippen molar-refractivity contribution in [2.24, 2.45) is 0 Å². The van der Waals surface area contributed by atoms with E-state index in [9.17, 15) is 13.2 Å². The lowest BCUT2D eigenvalue weighted by Crippen LogP contribution is -2.37. The molecule has 0 saturated carbocycles. The number of carbonyl (C=O) groups excluding carboxylic acids is 1. The van der Waals surface area contributed by atoms with E-state index in [-0.39, 0.29) is 22.5 Å². The number of sulfonamides is 1. The number of carbonyl (C=O) groups is 1. The fraction of sp³-hybridized carbons (Fsp3) is 0.316. The molecule has 0 aliphatic rings. The van der Waals surface area contributed by atoms with Gasteiger partial charge in [-0.05, 0) is 43.7 Å². The second kappa shape index (κ2) is 8.63. The van der Waals surface area contributed by atoms with E-state index in [0.717, 1.165) is 21.9 Å². The molecule has 27 heavy (non-hydrogen) atoms. The number of para-hydroxylation sites is 1. The third kappa shape index (κ3) is 5.61. The van der Waals surface area contributed by atoms with Gasteiger partial charge in [-0.1, -0.05) is 29.8 Å². The van der Waals surface area contributed by atoms with Gasteiger partial charge in [-0.25, -0.2) is 8.42 Å². The highest BCUT2D eigenvalue weighted by Gasteiger charge is 2.17. The topological polar surface area (TPSA) is 75.7 Å². The molecular formula is C19H23ClN2O4S. The standard InChI is InChI=1S/C19H23ClN2O4S/c1-13-7-5-6-8-18(13)26-12-14(2)21-19(23)16-10-9-15(11-17(16)20)22(3)27(4,24)25/h5-11,14H,12H2,1-4H3,(H,21,23)/t14-/m0/s1. The Bertz CT molecular complexity index is 931. The first-order chi connectivity index (χ1) is 12.6. The van der Waals surface area contributed by atoms with E-state index >= 15 is 0 Å². The number of nitrogens with zero attached hydrogens (tertiary/aromatic N) is 1. The Labute approximate surface area is 165 Å². The number of nitrogens with one attached hydrogen (secondary N) is 1. The number of ether oxygens (including phenoxy) is 1. The highest BCUT2D eigenvalue weighted by molar-refractivity contribution is 7.92. The van der Waals surface area contributed by atoms with Gasteiger partial charge in [0.15, 0.2) is 0 Å². The van der Waals surface area contributed by atoms with Crippen molar-refractivity contribution in [2.75, 3.05) is 24.2 Å². The molecule has 0 saturated heterocycles. The minimum absolute atomic E-state index is 0.174. The van der Waals surface area contributed by atoms with E-state index < -0.39 is 10.0 Å². The molecule has 1 N–H and O–H groups in total. The van der Waals surface area contributed by atoms with Gasteiger partial charge in [0.25, 0.3) is 5.91 Å². The largest absolute Gasteiger partial charge is 0.491 e. The lowest BCUT2D eigenvalue weighted by Gasteiger charge is -2.19. The average Bonchev–Trinajstić information content (AvgIpc) is 2.59. The van der Waals surface area contributed by atoms with Crippen LogP contribution in [0.15, 0.2) is 42.5 Å². The van der Waals surface area contributed by atoms with Crippen LogP contribution in [0.4, 0.5) is 5.69 Å². The summed E-state index contributed by atoms with van der Waals surface area (Å²) in [6, 6.07) is 11.9. The highest BCUT2D eigenvalue weighted by Crippen LogP contribution is 2.24. The average molecular weight is 411 g/mol. The number of hydrogen-bond acceptors (Lipinski definition) is 4. The van der Waals surface area contributed by atoms with Crippen molar-refractivity contribution in [1.29, 1.82) is 0 Å². The molecular weight excluding hydrogens is 388 g/mol. The number of amides is 1. The number of halogens is 1. The molecule has 1 amide bonds. The van der Waals surface area contributed by atoms with Crippen LogP contribution in [0.25, 0.3) is 0 Å². The molecule has 0 aliphatic carbocycles. The lowest BCUT2D eigenvalue weighted by atomic mass is 10.1. The van der Waals surface area contributed by atoms with Gasteiger partial charge in [-0.2, -0.15) is 0 Å². The summed E-state index contributed by atoms with van der Waals surface area (Å²) < 4.78 is 30.0. The summed E-state index contributed by atoms with van der Waals surface area (Å²) in [6.45, 7) is 4.09. The zero-order chi connectivity index (χ0) is 20.2. The molecule has 8 heteroatoms. The summed E-state index contributed by atoms with van der Waals surface area (Å²) in [6.07, 6.45) is 1.09. The molecule has 1 atom stereocenters. The van der Waals surface area contributed by atoms with Crippen molar-refractivity contribution in [3.63, 3.8) is 0 Å². The van der Waals surface area contributed by atoms with Gasteiger partial charge >= 0.3 is 0 Å². The van der Waals surface area contributed by atoms with Gasteiger partial charge in [0.1, 0.15) is 12.4 Å². The second-order valence-corrected chi connectivity index (χ2v) is 8.77. The van der Waals surface area contributed by atoms with E-state index in [1.165, 1.54) is 25.2 Å². The van der Waals surface area contributed by atoms with Crippen LogP contribution in [-0.2, 0) is 10.0 Å². The van der Waals surface area contributed by atoms with Crippen LogP contribution in [0.1, 0.15) is 22.8 Å². The Morgan fingerprint density at radius 3 is 2.52 bits per heavy atom. The van der Waals surface area contributed by atoms with E-state index in [1.807, 2.05) is 38.1 Å². The van der Waals surface area contributed by atoms with E-state index in [0.29, 0.717) is 12.3 Å². The van der Waals surface area contributed by atoms with Crippen LogP contribution in [0.5, 0.6) is 5.75 Å². The van der Waals surface area contributed by atoms with Gasteiger partial charge in [0.05, 0.1) is 28.6 Å². The molecule has 0 fully saturated rings. The minimum Gasteiger partial charge on any atom is -0.491 e. The monoisotopic (exact) mass is 410 g/mol. The van der Waals surface area contributed by atoms with Crippen LogP contribution < -0.4 is 14.4 Å². The molecule has 0 unspecified atom stereocenters. The Kier molecular flexibility index (Phi) is 6.73. The van der Waals surface area contributed by atoms with Crippen molar-refractivity contribution in [3.8, 4) is 5.75 Å². The van der Waals surface area contributed by atoms with Crippen molar-refractivity contribution in [3.05, 3.63) is 58.6 Å². The smallest absolute Gasteiger partial charge is 0.253 e. The molecule has 0 aromatic heterocycles. The maximum atomic E-state index is 12.4. The van der Waals surface area contributed by atoms with Crippen LogP contribution in [-0.4, -0.2) is 40.3 Å². The maximum absolute atomic E-state index is 12.4. The zero-order valence-corrected chi connectivity index (χ0v) is 17.3. The maximum Gasteiger partial charge on any atom is 0.253 e. The number of rotatable bonds is 7. The van der Waals surface area contributed by atoms with Gasteiger partial charge in [0, 0.05) is 7.05 Å². The van der Waals surface area contributed by atoms with Gasteiger partial charge in [-0.3, -0.25) is 9.10 Å². The summed E-state index contributed by atoms with van der Waals surface area (Å²) in [5.74, 6) is 0.416. The van der Waals surface area contributed by atoms with Crippen molar-refractivity contribution < 1.29 is 17.9 Å². The van der Waals surface area contributed by atoms with E-state index in [4.69, 9.17) is 16.3 Å². The van der Waals surface area contributed by atoms with Crippen LogP contribution >= 0.6 is 11.6 Å².